The summed E-state index contributed by atoms with van der Waals surface area (Å²) in [6.07, 6.45) is 5.75. The van der Waals surface area contributed by atoms with Crippen LogP contribution in [0.2, 0.25) is 0 Å². The Morgan fingerprint density at radius 1 is 1.24 bits per heavy atom. The van der Waals surface area contributed by atoms with Gasteiger partial charge in [-0.2, -0.15) is 0 Å². The molecule has 1 aromatic carbocycles. The van der Waals surface area contributed by atoms with Crippen LogP contribution in [0, 0.1) is 6.92 Å². The van der Waals surface area contributed by atoms with Gasteiger partial charge in [0.05, 0.1) is 11.2 Å². The quantitative estimate of drug-likeness (QED) is 0.885. The summed E-state index contributed by atoms with van der Waals surface area (Å²) in [4.78, 5) is 4.56. The SMILES string of the molecule is Cc1ccc2cccc(NS(=O)(=O)C3=C=CCC=C3)c2n1. The minimum Gasteiger partial charge on any atom is -0.277 e. The highest BCUT2D eigenvalue weighted by Crippen LogP contribution is 2.24. The van der Waals surface area contributed by atoms with Crippen LogP contribution in [0.1, 0.15) is 12.1 Å². The van der Waals surface area contributed by atoms with Crippen molar-refractivity contribution < 1.29 is 8.42 Å². The van der Waals surface area contributed by atoms with Gasteiger partial charge in [0, 0.05) is 11.1 Å². The number of benzene rings is 1. The van der Waals surface area contributed by atoms with E-state index in [2.05, 4.69) is 15.4 Å². The summed E-state index contributed by atoms with van der Waals surface area (Å²) < 4.78 is 27.3. The minimum absolute atomic E-state index is 0.137. The number of hydrogen-bond acceptors (Lipinski definition) is 3. The Labute approximate surface area is 123 Å². The van der Waals surface area contributed by atoms with Crippen LogP contribution < -0.4 is 4.72 Å². The van der Waals surface area contributed by atoms with Crippen molar-refractivity contribution in [3.63, 3.8) is 0 Å². The van der Waals surface area contributed by atoms with Crippen molar-refractivity contribution in [1.82, 2.24) is 4.98 Å². The fourth-order valence-corrected chi connectivity index (χ4v) is 3.22. The number of sulfonamides is 1. The zero-order valence-electron chi connectivity index (χ0n) is 11.5. The molecule has 0 fully saturated rings. The molecule has 0 spiro atoms. The first kappa shape index (κ1) is 13.6. The van der Waals surface area contributed by atoms with Crippen molar-refractivity contribution in [2.45, 2.75) is 13.3 Å². The summed E-state index contributed by atoms with van der Waals surface area (Å²) >= 11 is 0. The van der Waals surface area contributed by atoms with E-state index in [1.54, 1.807) is 30.4 Å². The number of para-hydroxylation sites is 1. The highest BCUT2D eigenvalue weighted by atomic mass is 32.2. The Hall–Kier alpha value is -2.36. The number of rotatable bonds is 3. The van der Waals surface area contributed by atoms with Crippen LogP contribution in [-0.2, 0) is 10.0 Å². The molecule has 0 radical (unpaired) electrons. The summed E-state index contributed by atoms with van der Waals surface area (Å²) in [6.45, 7) is 1.87. The second-order valence-corrected chi connectivity index (χ2v) is 6.44. The van der Waals surface area contributed by atoms with Gasteiger partial charge in [-0.3, -0.25) is 9.71 Å². The third-order valence-electron chi connectivity index (χ3n) is 3.16. The lowest BCUT2D eigenvalue weighted by molar-refractivity contribution is 0.608. The number of nitrogens with zero attached hydrogens (tertiary/aromatic N) is 1. The van der Waals surface area contributed by atoms with E-state index < -0.39 is 10.0 Å². The average molecular weight is 298 g/mol. The highest BCUT2D eigenvalue weighted by molar-refractivity contribution is 7.96. The number of aryl methyl sites for hydroxylation is 1. The number of hydrogen-bond donors (Lipinski definition) is 1. The largest absolute Gasteiger partial charge is 0.277 e. The van der Waals surface area contributed by atoms with Gasteiger partial charge < -0.3 is 0 Å². The lowest BCUT2D eigenvalue weighted by atomic mass is 10.2. The fourth-order valence-electron chi connectivity index (χ4n) is 2.14. The molecule has 1 aliphatic rings. The molecular weight excluding hydrogens is 284 g/mol. The number of fused-ring (bicyclic) bond motifs is 1. The van der Waals surface area contributed by atoms with Gasteiger partial charge >= 0.3 is 0 Å². The van der Waals surface area contributed by atoms with Gasteiger partial charge in [0.1, 0.15) is 4.91 Å². The van der Waals surface area contributed by atoms with Gasteiger partial charge in [-0.1, -0.05) is 24.3 Å². The molecule has 106 valence electrons. The first-order valence-corrected chi connectivity index (χ1v) is 8.05. The van der Waals surface area contributed by atoms with E-state index in [4.69, 9.17) is 0 Å². The summed E-state index contributed by atoms with van der Waals surface area (Å²) in [5.41, 5.74) is 4.73. The molecule has 1 N–H and O–H groups in total. The van der Waals surface area contributed by atoms with Crippen molar-refractivity contribution in [1.29, 1.82) is 0 Å². The second-order valence-electron chi connectivity index (χ2n) is 4.79. The minimum atomic E-state index is -3.64. The highest BCUT2D eigenvalue weighted by Gasteiger charge is 2.17. The zero-order valence-corrected chi connectivity index (χ0v) is 12.3. The van der Waals surface area contributed by atoms with Gasteiger partial charge in [0.2, 0.25) is 0 Å². The number of anilines is 1. The van der Waals surface area contributed by atoms with Crippen LogP contribution >= 0.6 is 0 Å². The average Bonchev–Trinajstić information content (AvgIpc) is 2.48. The smallest absolute Gasteiger partial charge is 0.269 e. The van der Waals surface area contributed by atoms with Gasteiger partial charge in [0.25, 0.3) is 10.0 Å². The molecule has 0 unspecified atom stereocenters. The molecule has 0 amide bonds. The molecule has 21 heavy (non-hydrogen) atoms. The molecule has 5 heteroatoms. The Morgan fingerprint density at radius 2 is 2.10 bits per heavy atom. The monoisotopic (exact) mass is 298 g/mol. The summed E-state index contributed by atoms with van der Waals surface area (Å²) in [7, 11) is -3.64. The van der Waals surface area contributed by atoms with E-state index in [9.17, 15) is 8.42 Å². The third-order valence-corrected chi connectivity index (χ3v) is 4.48. The van der Waals surface area contributed by atoms with E-state index in [1.807, 2.05) is 25.1 Å². The lowest BCUT2D eigenvalue weighted by Gasteiger charge is -2.11. The molecule has 0 aliphatic heterocycles. The van der Waals surface area contributed by atoms with E-state index in [-0.39, 0.29) is 4.91 Å². The first-order valence-electron chi connectivity index (χ1n) is 6.57. The van der Waals surface area contributed by atoms with Crippen LogP contribution in [0.15, 0.2) is 59.2 Å². The van der Waals surface area contributed by atoms with E-state index in [0.29, 0.717) is 17.6 Å². The predicted molar refractivity (Wildman–Crippen MR) is 84.4 cm³/mol. The molecule has 4 nitrogen and oxygen atoms in total. The van der Waals surface area contributed by atoms with Crippen molar-refractivity contribution in [3.8, 4) is 0 Å². The van der Waals surface area contributed by atoms with Crippen LogP contribution in [-0.4, -0.2) is 13.4 Å². The number of aromatic nitrogens is 1. The Kier molecular flexibility index (Phi) is 3.37. The molecule has 2 aromatic rings. The van der Waals surface area contributed by atoms with Crippen molar-refractivity contribution >= 4 is 26.6 Å². The Balaban J connectivity index is 2.08. The molecule has 3 rings (SSSR count). The molecule has 1 aromatic heterocycles. The van der Waals surface area contributed by atoms with Crippen molar-refractivity contribution in [2.75, 3.05) is 4.72 Å². The normalized spacial score (nSPS) is 14.2. The number of pyridine rings is 1. The number of allylic oxidation sites excluding steroid dienone is 2. The standard InChI is InChI=1S/C16H14N2O2S/c1-12-10-11-13-6-5-9-15(16(13)17-12)18-21(19,20)14-7-3-2-4-8-14/h3-7,9-11,18H,2H2,1H3. The van der Waals surface area contributed by atoms with E-state index >= 15 is 0 Å². The molecular formula is C16H14N2O2S. The van der Waals surface area contributed by atoms with Crippen LogP contribution in [0.3, 0.4) is 0 Å². The first-order chi connectivity index (χ1) is 10.1. The van der Waals surface area contributed by atoms with E-state index in [0.717, 1.165) is 11.1 Å². The predicted octanol–water partition coefficient (Wildman–Crippen LogP) is 3.28. The van der Waals surface area contributed by atoms with Crippen molar-refractivity contribution in [2.24, 2.45) is 0 Å². The Morgan fingerprint density at radius 3 is 2.86 bits per heavy atom. The number of nitrogens with one attached hydrogen (secondary N) is 1. The van der Waals surface area contributed by atoms with Gasteiger partial charge in [-0.25, -0.2) is 8.42 Å². The molecule has 0 saturated heterocycles. The van der Waals surface area contributed by atoms with Crippen LogP contribution in [0.4, 0.5) is 5.69 Å². The topological polar surface area (TPSA) is 59.1 Å². The maximum atomic E-state index is 12.4. The van der Waals surface area contributed by atoms with E-state index in [1.165, 1.54) is 0 Å². The fraction of sp³-hybridized carbons (Fsp3) is 0.125. The molecule has 1 aliphatic carbocycles. The third kappa shape index (κ3) is 2.75. The second kappa shape index (κ2) is 5.20. The summed E-state index contributed by atoms with van der Waals surface area (Å²) in [5.74, 6) is 0. The van der Waals surface area contributed by atoms with Gasteiger partial charge in [0.15, 0.2) is 0 Å². The maximum absolute atomic E-state index is 12.4. The molecule has 0 atom stereocenters. The Bertz CT molecular complexity index is 905. The van der Waals surface area contributed by atoms with Crippen molar-refractivity contribution in [3.05, 3.63) is 64.9 Å². The summed E-state index contributed by atoms with van der Waals surface area (Å²) in [5, 5.41) is 0.893. The van der Waals surface area contributed by atoms with Crippen LogP contribution in [0.25, 0.3) is 10.9 Å². The van der Waals surface area contributed by atoms with Crippen LogP contribution in [0.5, 0.6) is 0 Å². The maximum Gasteiger partial charge on any atom is 0.269 e. The zero-order chi connectivity index (χ0) is 14.9. The van der Waals surface area contributed by atoms with Gasteiger partial charge in [-0.15, -0.1) is 5.73 Å². The molecule has 1 heterocycles. The lowest BCUT2D eigenvalue weighted by Crippen LogP contribution is -2.14. The molecule has 0 bridgehead atoms. The molecule has 0 saturated carbocycles. The van der Waals surface area contributed by atoms with Gasteiger partial charge in [-0.05, 0) is 37.6 Å². The summed E-state index contributed by atoms with van der Waals surface area (Å²) in [6, 6.07) is 9.24.